The molecule has 0 radical (unpaired) electrons. The molecule has 2 rings (SSSR count). The second-order valence-corrected chi connectivity index (χ2v) is 6.43. The van der Waals surface area contributed by atoms with Gasteiger partial charge in [0.05, 0.1) is 11.2 Å². The molecule has 1 fully saturated rings. The topological polar surface area (TPSA) is 24.9 Å². The first kappa shape index (κ1) is 13.0. The Kier molecular flexibility index (Phi) is 3.88. The molecule has 0 amide bonds. The van der Waals surface area contributed by atoms with E-state index in [1.807, 2.05) is 11.3 Å². The number of rotatable bonds is 4. The maximum atomic E-state index is 4.88. The number of thiazole rings is 1. The van der Waals surface area contributed by atoms with E-state index >= 15 is 0 Å². The molecule has 2 nitrogen and oxygen atoms in total. The van der Waals surface area contributed by atoms with E-state index in [4.69, 9.17) is 4.98 Å². The highest BCUT2D eigenvalue weighted by Crippen LogP contribution is 2.44. The molecule has 2 unspecified atom stereocenters. The lowest BCUT2D eigenvalue weighted by molar-refractivity contribution is 0.350. The van der Waals surface area contributed by atoms with E-state index in [-0.39, 0.29) is 5.54 Å². The molecule has 0 bridgehead atoms. The van der Waals surface area contributed by atoms with Gasteiger partial charge in [0.15, 0.2) is 0 Å². The summed E-state index contributed by atoms with van der Waals surface area (Å²) in [5.74, 6) is 0.872. The zero-order valence-corrected chi connectivity index (χ0v) is 12.3. The molecule has 2 atom stereocenters. The maximum absolute atomic E-state index is 4.88. The Hall–Kier alpha value is -0.410. The van der Waals surface area contributed by atoms with Gasteiger partial charge in [-0.2, -0.15) is 0 Å². The minimum absolute atomic E-state index is 0.170. The van der Waals surface area contributed by atoms with Gasteiger partial charge < -0.3 is 5.32 Å². The smallest absolute Gasteiger partial charge is 0.113 e. The van der Waals surface area contributed by atoms with Crippen LogP contribution in [-0.4, -0.2) is 12.0 Å². The van der Waals surface area contributed by atoms with Crippen molar-refractivity contribution in [2.24, 2.45) is 5.92 Å². The molecular weight excluding hydrogens is 228 g/mol. The molecule has 17 heavy (non-hydrogen) atoms. The van der Waals surface area contributed by atoms with Crippen molar-refractivity contribution in [3.8, 4) is 0 Å². The van der Waals surface area contributed by atoms with E-state index in [9.17, 15) is 0 Å². The zero-order chi connectivity index (χ0) is 12.5. The maximum Gasteiger partial charge on any atom is 0.113 e. The standard InChI is InChI=1S/C14H24N2S/c1-5-11-7-8-14(9-11,15-4)13-16-12(6-2)10(3)17-13/h11,15H,5-9H2,1-4H3. The molecule has 1 aliphatic rings. The van der Waals surface area contributed by atoms with Crippen LogP contribution in [0.5, 0.6) is 0 Å². The third kappa shape index (κ3) is 2.27. The predicted octanol–water partition coefficient (Wildman–Crippen LogP) is 3.64. The van der Waals surface area contributed by atoms with Crippen molar-refractivity contribution < 1.29 is 0 Å². The van der Waals surface area contributed by atoms with E-state index in [1.165, 1.54) is 41.3 Å². The number of aryl methyl sites for hydroxylation is 2. The first-order chi connectivity index (χ1) is 8.15. The lowest BCUT2D eigenvalue weighted by atomic mass is 9.96. The summed E-state index contributed by atoms with van der Waals surface area (Å²) < 4.78 is 0. The van der Waals surface area contributed by atoms with Gasteiger partial charge in [-0.25, -0.2) is 4.98 Å². The molecule has 0 spiro atoms. The van der Waals surface area contributed by atoms with Gasteiger partial charge in [-0.05, 0) is 45.6 Å². The minimum Gasteiger partial charge on any atom is -0.308 e. The van der Waals surface area contributed by atoms with Gasteiger partial charge >= 0.3 is 0 Å². The summed E-state index contributed by atoms with van der Waals surface area (Å²) >= 11 is 1.90. The third-order valence-corrected chi connectivity index (χ3v) is 5.53. The summed E-state index contributed by atoms with van der Waals surface area (Å²) in [5.41, 5.74) is 1.46. The summed E-state index contributed by atoms with van der Waals surface area (Å²) in [6.45, 7) is 6.71. The molecule has 1 aromatic rings. The Morgan fingerprint density at radius 1 is 1.47 bits per heavy atom. The van der Waals surface area contributed by atoms with E-state index in [1.54, 1.807) is 0 Å². The number of nitrogens with one attached hydrogen (secondary N) is 1. The highest BCUT2D eigenvalue weighted by atomic mass is 32.1. The third-order valence-electron chi connectivity index (χ3n) is 4.31. The van der Waals surface area contributed by atoms with Crippen LogP contribution < -0.4 is 5.32 Å². The largest absolute Gasteiger partial charge is 0.308 e. The van der Waals surface area contributed by atoms with Crippen molar-refractivity contribution in [2.75, 3.05) is 7.05 Å². The first-order valence-electron chi connectivity index (χ1n) is 6.81. The summed E-state index contributed by atoms with van der Waals surface area (Å²) in [7, 11) is 2.10. The van der Waals surface area contributed by atoms with Crippen LogP contribution in [0.2, 0.25) is 0 Å². The fraction of sp³-hybridized carbons (Fsp3) is 0.786. The van der Waals surface area contributed by atoms with E-state index in [2.05, 4.69) is 33.1 Å². The average molecular weight is 252 g/mol. The molecule has 0 aromatic carbocycles. The van der Waals surface area contributed by atoms with Crippen LogP contribution in [0, 0.1) is 12.8 Å². The Morgan fingerprint density at radius 2 is 2.24 bits per heavy atom. The van der Waals surface area contributed by atoms with Gasteiger partial charge in [0.2, 0.25) is 0 Å². The summed E-state index contributed by atoms with van der Waals surface area (Å²) in [5, 5.41) is 4.89. The molecule has 1 heterocycles. The fourth-order valence-electron chi connectivity index (χ4n) is 2.98. The SMILES string of the molecule is CCc1nc(C2(NC)CCC(CC)C2)sc1C. The molecule has 1 saturated carbocycles. The zero-order valence-electron chi connectivity index (χ0n) is 11.5. The van der Waals surface area contributed by atoms with Gasteiger partial charge in [0.1, 0.15) is 5.01 Å². The van der Waals surface area contributed by atoms with Crippen LogP contribution in [0.3, 0.4) is 0 Å². The second kappa shape index (κ2) is 5.07. The van der Waals surface area contributed by atoms with Crippen molar-refractivity contribution >= 4 is 11.3 Å². The van der Waals surface area contributed by atoms with Crippen molar-refractivity contribution in [3.63, 3.8) is 0 Å². The van der Waals surface area contributed by atoms with E-state index in [0.29, 0.717) is 0 Å². The van der Waals surface area contributed by atoms with Gasteiger partial charge in [0, 0.05) is 4.88 Å². The number of hydrogen-bond donors (Lipinski definition) is 1. The minimum atomic E-state index is 0.170. The Labute approximate surface area is 109 Å². The van der Waals surface area contributed by atoms with Crippen LogP contribution in [-0.2, 0) is 12.0 Å². The van der Waals surface area contributed by atoms with Crippen LogP contribution in [0.15, 0.2) is 0 Å². The predicted molar refractivity (Wildman–Crippen MR) is 74.6 cm³/mol. The fourth-order valence-corrected chi connectivity index (χ4v) is 4.22. The molecule has 96 valence electrons. The Morgan fingerprint density at radius 3 is 2.71 bits per heavy atom. The highest BCUT2D eigenvalue weighted by Gasteiger charge is 2.41. The van der Waals surface area contributed by atoms with Gasteiger partial charge in [-0.15, -0.1) is 11.3 Å². The van der Waals surface area contributed by atoms with Crippen LogP contribution in [0.25, 0.3) is 0 Å². The number of nitrogens with zero attached hydrogens (tertiary/aromatic N) is 1. The monoisotopic (exact) mass is 252 g/mol. The van der Waals surface area contributed by atoms with Crippen molar-refractivity contribution in [3.05, 3.63) is 15.6 Å². The highest BCUT2D eigenvalue weighted by molar-refractivity contribution is 7.11. The Balaban J connectivity index is 2.29. The number of hydrogen-bond acceptors (Lipinski definition) is 3. The lowest BCUT2D eigenvalue weighted by Crippen LogP contribution is -2.37. The van der Waals surface area contributed by atoms with Gasteiger partial charge in [-0.3, -0.25) is 0 Å². The molecule has 3 heteroatoms. The normalized spacial score (nSPS) is 28.8. The summed E-state index contributed by atoms with van der Waals surface area (Å²) in [6.07, 6.45) is 6.21. The quantitative estimate of drug-likeness (QED) is 0.885. The average Bonchev–Trinajstić information content (AvgIpc) is 2.93. The molecule has 1 aromatic heterocycles. The second-order valence-electron chi connectivity index (χ2n) is 5.22. The summed E-state index contributed by atoms with van der Waals surface area (Å²) in [6, 6.07) is 0. The summed E-state index contributed by atoms with van der Waals surface area (Å²) in [4.78, 5) is 6.28. The first-order valence-corrected chi connectivity index (χ1v) is 7.62. The van der Waals surface area contributed by atoms with Crippen LogP contribution in [0.1, 0.15) is 55.1 Å². The van der Waals surface area contributed by atoms with E-state index in [0.717, 1.165) is 12.3 Å². The van der Waals surface area contributed by atoms with Gasteiger partial charge in [0.25, 0.3) is 0 Å². The van der Waals surface area contributed by atoms with Crippen LogP contribution in [0.4, 0.5) is 0 Å². The molecule has 1 aliphatic carbocycles. The molecule has 1 N–H and O–H groups in total. The van der Waals surface area contributed by atoms with Gasteiger partial charge in [-0.1, -0.05) is 20.3 Å². The Bertz CT molecular complexity index is 386. The van der Waals surface area contributed by atoms with E-state index < -0.39 is 0 Å². The van der Waals surface area contributed by atoms with Crippen molar-refractivity contribution in [2.45, 2.75) is 58.4 Å². The van der Waals surface area contributed by atoms with Crippen LogP contribution >= 0.6 is 11.3 Å². The van der Waals surface area contributed by atoms with Crippen molar-refractivity contribution in [1.82, 2.24) is 10.3 Å². The van der Waals surface area contributed by atoms with Crippen molar-refractivity contribution in [1.29, 1.82) is 0 Å². The molecular formula is C14H24N2S. The number of aromatic nitrogens is 1. The molecule has 0 aliphatic heterocycles. The molecule has 0 saturated heterocycles. The lowest BCUT2D eigenvalue weighted by Gasteiger charge is -2.26.